The van der Waals surface area contributed by atoms with E-state index in [9.17, 15) is 0 Å². The van der Waals surface area contributed by atoms with Gasteiger partial charge in [0.2, 0.25) is 0 Å². The van der Waals surface area contributed by atoms with Crippen molar-refractivity contribution in [1.29, 1.82) is 0 Å². The predicted octanol–water partition coefficient (Wildman–Crippen LogP) is 4.65. The highest BCUT2D eigenvalue weighted by atomic mass is 79.9. The van der Waals surface area contributed by atoms with Crippen molar-refractivity contribution in [3.8, 4) is 9.88 Å². The minimum absolute atomic E-state index is 0.755. The maximum atomic E-state index is 4.49. The summed E-state index contributed by atoms with van der Waals surface area (Å²) in [5, 5.41) is 4.62. The minimum atomic E-state index is 0.755. The Balaban J connectivity index is 1.74. The largest absolute Gasteiger partial charge is 0.309 e. The van der Waals surface area contributed by atoms with Crippen LogP contribution in [0.25, 0.3) is 9.88 Å². The standard InChI is InChI=1S/C11H10Br2N2S2/c12-8-3-9(17-10(8)13)11-15-5-7(16-11)4-14-6-1-2-6/h3,5-6,14H,1-2,4H2. The van der Waals surface area contributed by atoms with Crippen molar-refractivity contribution in [1.82, 2.24) is 10.3 Å². The molecule has 0 atom stereocenters. The monoisotopic (exact) mass is 392 g/mol. The molecule has 1 N–H and O–H groups in total. The Hall–Kier alpha value is 0.250. The van der Waals surface area contributed by atoms with Crippen molar-refractivity contribution in [2.45, 2.75) is 25.4 Å². The number of aromatic nitrogens is 1. The number of thiazole rings is 1. The SMILES string of the molecule is Brc1cc(-c2ncc(CNC3CC3)s2)sc1Br. The number of nitrogens with one attached hydrogen (secondary N) is 1. The van der Waals surface area contributed by atoms with E-state index < -0.39 is 0 Å². The van der Waals surface area contributed by atoms with E-state index in [4.69, 9.17) is 0 Å². The lowest BCUT2D eigenvalue weighted by molar-refractivity contribution is 0.694. The number of thiophene rings is 1. The third-order valence-electron chi connectivity index (χ3n) is 2.55. The summed E-state index contributed by atoms with van der Waals surface area (Å²) in [6.45, 7) is 0.954. The van der Waals surface area contributed by atoms with E-state index in [2.05, 4.69) is 48.2 Å². The lowest BCUT2D eigenvalue weighted by Crippen LogP contribution is -2.14. The van der Waals surface area contributed by atoms with E-state index in [1.807, 2.05) is 6.20 Å². The van der Waals surface area contributed by atoms with Gasteiger partial charge in [0.25, 0.3) is 0 Å². The number of halogens is 2. The molecule has 2 heterocycles. The van der Waals surface area contributed by atoms with Gasteiger partial charge in [0, 0.05) is 28.1 Å². The van der Waals surface area contributed by atoms with E-state index in [1.165, 1.54) is 22.6 Å². The van der Waals surface area contributed by atoms with Crippen LogP contribution >= 0.6 is 54.5 Å². The molecule has 0 amide bonds. The molecule has 3 rings (SSSR count). The summed E-state index contributed by atoms with van der Waals surface area (Å²) in [5.41, 5.74) is 0. The Morgan fingerprint density at radius 1 is 1.35 bits per heavy atom. The summed E-state index contributed by atoms with van der Waals surface area (Å²) in [4.78, 5) is 7.01. The first-order valence-electron chi connectivity index (χ1n) is 5.35. The zero-order valence-corrected chi connectivity index (χ0v) is 13.7. The first kappa shape index (κ1) is 12.3. The van der Waals surface area contributed by atoms with Crippen LogP contribution in [0, 0.1) is 0 Å². The summed E-state index contributed by atoms with van der Waals surface area (Å²) in [7, 11) is 0. The average Bonchev–Trinajstić information content (AvgIpc) is 2.92. The fourth-order valence-corrected chi connectivity index (χ4v) is 4.44. The zero-order chi connectivity index (χ0) is 11.8. The fourth-order valence-electron chi connectivity index (χ4n) is 1.49. The maximum absolute atomic E-state index is 4.49. The van der Waals surface area contributed by atoms with Gasteiger partial charge < -0.3 is 5.32 Å². The second kappa shape index (κ2) is 5.09. The number of hydrogen-bond donors (Lipinski definition) is 1. The van der Waals surface area contributed by atoms with Crippen LogP contribution in [0.5, 0.6) is 0 Å². The third-order valence-corrected chi connectivity index (χ3v) is 6.97. The van der Waals surface area contributed by atoms with Gasteiger partial charge in [-0.2, -0.15) is 0 Å². The quantitative estimate of drug-likeness (QED) is 0.817. The van der Waals surface area contributed by atoms with E-state index in [1.54, 1.807) is 22.7 Å². The van der Waals surface area contributed by atoms with Crippen LogP contribution in [0.2, 0.25) is 0 Å². The number of hydrogen-bond acceptors (Lipinski definition) is 4. The summed E-state index contributed by atoms with van der Waals surface area (Å²) in [6.07, 6.45) is 4.64. The molecule has 1 aliphatic carbocycles. The van der Waals surface area contributed by atoms with Gasteiger partial charge in [-0.25, -0.2) is 4.98 Å². The van der Waals surface area contributed by atoms with Gasteiger partial charge in [-0.05, 0) is 50.8 Å². The van der Waals surface area contributed by atoms with Gasteiger partial charge in [-0.15, -0.1) is 22.7 Å². The molecule has 17 heavy (non-hydrogen) atoms. The second-order valence-corrected chi connectivity index (χ2v) is 8.36. The molecule has 6 heteroatoms. The second-order valence-electron chi connectivity index (χ2n) is 4.02. The van der Waals surface area contributed by atoms with Crippen LogP contribution < -0.4 is 5.32 Å². The Morgan fingerprint density at radius 2 is 2.18 bits per heavy atom. The highest BCUT2D eigenvalue weighted by molar-refractivity contribution is 9.13. The molecule has 0 saturated heterocycles. The van der Waals surface area contributed by atoms with Crippen LogP contribution in [-0.4, -0.2) is 11.0 Å². The van der Waals surface area contributed by atoms with Gasteiger partial charge in [0.15, 0.2) is 0 Å². The molecule has 0 unspecified atom stereocenters. The Bertz CT molecular complexity index is 512. The van der Waals surface area contributed by atoms with Crippen LogP contribution in [0.3, 0.4) is 0 Å². The summed E-state index contributed by atoms with van der Waals surface area (Å²) >= 11 is 10.5. The maximum Gasteiger partial charge on any atom is 0.133 e. The smallest absolute Gasteiger partial charge is 0.133 e. The van der Waals surface area contributed by atoms with Crippen molar-refractivity contribution in [2.24, 2.45) is 0 Å². The molecule has 1 fully saturated rings. The van der Waals surface area contributed by atoms with Gasteiger partial charge in [0.1, 0.15) is 5.01 Å². The lowest BCUT2D eigenvalue weighted by atomic mass is 10.5. The lowest BCUT2D eigenvalue weighted by Gasteiger charge is -1.96. The van der Waals surface area contributed by atoms with Gasteiger partial charge >= 0.3 is 0 Å². The normalized spacial score (nSPS) is 15.4. The Kier molecular flexibility index (Phi) is 3.68. The van der Waals surface area contributed by atoms with Crippen molar-refractivity contribution in [3.05, 3.63) is 25.4 Å². The highest BCUT2D eigenvalue weighted by Gasteiger charge is 2.20. The van der Waals surface area contributed by atoms with E-state index in [0.29, 0.717) is 0 Å². The molecular formula is C11H10Br2N2S2. The van der Waals surface area contributed by atoms with Crippen LogP contribution in [0.4, 0.5) is 0 Å². The highest BCUT2D eigenvalue weighted by Crippen LogP contribution is 2.39. The van der Waals surface area contributed by atoms with Gasteiger partial charge in [-0.3, -0.25) is 0 Å². The third kappa shape index (κ3) is 2.98. The van der Waals surface area contributed by atoms with Crippen LogP contribution in [-0.2, 0) is 6.54 Å². The van der Waals surface area contributed by atoms with E-state index in [-0.39, 0.29) is 0 Å². The van der Waals surface area contributed by atoms with Gasteiger partial charge in [0.05, 0.1) is 8.66 Å². The Labute approximate surface area is 125 Å². The molecule has 0 bridgehead atoms. The van der Waals surface area contributed by atoms with Crippen LogP contribution in [0.15, 0.2) is 20.5 Å². The average molecular weight is 394 g/mol. The molecule has 90 valence electrons. The summed E-state index contributed by atoms with van der Waals surface area (Å²) in [5.74, 6) is 0. The van der Waals surface area contributed by atoms with Crippen molar-refractivity contribution in [2.75, 3.05) is 0 Å². The Morgan fingerprint density at radius 3 is 2.82 bits per heavy atom. The van der Waals surface area contributed by atoms with Crippen molar-refractivity contribution < 1.29 is 0 Å². The van der Waals surface area contributed by atoms with Crippen molar-refractivity contribution in [3.63, 3.8) is 0 Å². The zero-order valence-electron chi connectivity index (χ0n) is 8.87. The molecule has 1 aliphatic rings. The molecular weight excluding hydrogens is 384 g/mol. The molecule has 1 saturated carbocycles. The predicted molar refractivity (Wildman–Crippen MR) is 80.7 cm³/mol. The van der Waals surface area contributed by atoms with Crippen LogP contribution in [0.1, 0.15) is 17.7 Å². The molecule has 2 aromatic rings. The van der Waals surface area contributed by atoms with Gasteiger partial charge in [-0.1, -0.05) is 0 Å². The minimum Gasteiger partial charge on any atom is -0.309 e. The molecule has 0 aliphatic heterocycles. The number of nitrogens with zero attached hydrogens (tertiary/aromatic N) is 1. The van der Waals surface area contributed by atoms with E-state index >= 15 is 0 Å². The summed E-state index contributed by atoms with van der Waals surface area (Å²) < 4.78 is 2.23. The molecule has 0 radical (unpaired) electrons. The molecule has 2 nitrogen and oxygen atoms in total. The summed E-state index contributed by atoms with van der Waals surface area (Å²) in [6, 6.07) is 2.87. The topological polar surface area (TPSA) is 24.9 Å². The van der Waals surface area contributed by atoms with E-state index in [0.717, 1.165) is 25.9 Å². The first-order chi connectivity index (χ1) is 8.22. The fraction of sp³-hybridized carbons (Fsp3) is 0.364. The number of rotatable bonds is 4. The van der Waals surface area contributed by atoms with Crippen molar-refractivity contribution >= 4 is 54.5 Å². The molecule has 2 aromatic heterocycles. The first-order valence-corrected chi connectivity index (χ1v) is 8.57. The molecule has 0 spiro atoms. The molecule has 0 aromatic carbocycles.